The minimum Gasteiger partial charge on any atom is -0.368 e. The SMILES string of the molecule is CC(C)CN(CC(N)=O)C(=O)[C@H]1CCN[C@@H](C)C1.Cl. The summed E-state index contributed by atoms with van der Waals surface area (Å²) >= 11 is 0. The fourth-order valence-electron chi connectivity index (χ4n) is 2.48. The van der Waals surface area contributed by atoms with E-state index in [-0.39, 0.29) is 30.8 Å². The van der Waals surface area contributed by atoms with Crippen LogP contribution in [0.3, 0.4) is 0 Å². The van der Waals surface area contributed by atoms with Crippen molar-refractivity contribution in [2.45, 2.75) is 39.7 Å². The summed E-state index contributed by atoms with van der Waals surface area (Å²) in [4.78, 5) is 25.1. The van der Waals surface area contributed by atoms with Gasteiger partial charge in [0.25, 0.3) is 0 Å². The smallest absolute Gasteiger partial charge is 0.237 e. The van der Waals surface area contributed by atoms with Crippen molar-refractivity contribution in [1.29, 1.82) is 0 Å². The van der Waals surface area contributed by atoms with Crippen LogP contribution in [0.1, 0.15) is 33.6 Å². The van der Waals surface area contributed by atoms with E-state index >= 15 is 0 Å². The number of nitrogens with two attached hydrogens (primary N) is 1. The summed E-state index contributed by atoms with van der Waals surface area (Å²) < 4.78 is 0. The molecule has 1 aliphatic heterocycles. The van der Waals surface area contributed by atoms with Crippen LogP contribution in [-0.4, -0.2) is 42.4 Å². The Kier molecular flexibility index (Phi) is 8.02. The van der Waals surface area contributed by atoms with Gasteiger partial charge in [0.1, 0.15) is 0 Å². The number of halogens is 1. The van der Waals surface area contributed by atoms with Crippen molar-refractivity contribution in [2.75, 3.05) is 19.6 Å². The molecule has 1 aliphatic rings. The van der Waals surface area contributed by atoms with E-state index in [9.17, 15) is 9.59 Å². The van der Waals surface area contributed by atoms with E-state index < -0.39 is 5.91 Å². The molecule has 0 unspecified atom stereocenters. The zero-order valence-corrected chi connectivity index (χ0v) is 12.8. The van der Waals surface area contributed by atoms with Gasteiger partial charge in [0.15, 0.2) is 0 Å². The van der Waals surface area contributed by atoms with Crippen LogP contribution in [0.4, 0.5) is 0 Å². The number of hydrogen-bond donors (Lipinski definition) is 2. The van der Waals surface area contributed by atoms with Crippen LogP contribution < -0.4 is 11.1 Å². The summed E-state index contributed by atoms with van der Waals surface area (Å²) in [6, 6.07) is 0.363. The Morgan fingerprint density at radius 1 is 1.42 bits per heavy atom. The topological polar surface area (TPSA) is 75.4 Å². The van der Waals surface area contributed by atoms with Gasteiger partial charge in [0.05, 0.1) is 6.54 Å². The van der Waals surface area contributed by atoms with Crippen LogP contribution in [0.2, 0.25) is 0 Å². The van der Waals surface area contributed by atoms with Crippen LogP contribution in [0.5, 0.6) is 0 Å². The predicted molar refractivity (Wildman–Crippen MR) is 78.0 cm³/mol. The summed E-state index contributed by atoms with van der Waals surface area (Å²) in [6.45, 7) is 7.65. The summed E-state index contributed by atoms with van der Waals surface area (Å²) in [6.07, 6.45) is 1.68. The first-order valence-electron chi connectivity index (χ1n) is 6.70. The molecule has 1 rings (SSSR count). The maximum Gasteiger partial charge on any atom is 0.237 e. The average molecular weight is 292 g/mol. The standard InChI is InChI=1S/C13H25N3O2.ClH/c1-9(2)7-16(8-12(14)17)13(18)11-4-5-15-10(3)6-11;/h9-11,15H,4-8H2,1-3H3,(H2,14,17);1H/t10-,11-;/m0./s1. The second kappa shape index (κ2) is 8.38. The van der Waals surface area contributed by atoms with Gasteiger partial charge < -0.3 is 16.0 Å². The van der Waals surface area contributed by atoms with Gasteiger partial charge in [-0.15, -0.1) is 12.4 Å². The zero-order valence-electron chi connectivity index (χ0n) is 12.0. The van der Waals surface area contributed by atoms with Crippen LogP contribution in [0.25, 0.3) is 0 Å². The number of nitrogens with one attached hydrogen (secondary N) is 1. The van der Waals surface area contributed by atoms with Crippen LogP contribution in [0.15, 0.2) is 0 Å². The van der Waals surface area contributed by atoms with Crippen molar-refractivity contribution in [2.24, 2.45) is 17.6 Å². The highest BCUT2D eigenvalue weighted by molar-refractivity contribution is 5.85. The second-order valence-electron chi connectivity index (χ2n) is 5.66. The summed E-state index contributed by atoms with van der Waals surface area (Å²) in [5, 5.41) is 3.32. The molecule has 0 bridgehead atoms. The lowest BCUT2D eigenvalue weighted by molar-refractivity contribution is -0.140. The molecular formula is C13H26ClN3O2. The predicted octanol–water partition coefficient (Wildman–Crippen LogP) is 0.766. The number of piperidine rings is 1. The van der Waals surface area contributed by atoms with Gasteiger partial charge >= 0.3 is 0 Å². The Morgan fingerprint density at radius 3 is 2.53 bits per heavy atom. The molecule has 0 aromatic carbocycles. The summed E-state index contributed by atoms with van der Waals surface area (Å²) in [7, 11) is 0. The molecule has 5 nitrogen and oxygen atoms in total. The molecule has 112 valence electrons. The largest absolute Gasteiger partial charge is 0.368 e. The Morgan fingerprint density at radius 2 is 2.05 bits per heavy atom. The number of hydrogen-bond acceptors (Lipinski definition) is 3. The molecule has 2 atom stereocenters. The first-order chi connectivity index (χ1) is 8.40. The van der Waals surface area contributed by atoms with Gasteiger partial charge in [0.2, 0.25) is 11.8 Å². The van der Waals surface area contributed by atoms with Crippen LogP contribution in [0, 0.1) is 11.8 Å². The van der Waals surface area contributed by atoms with Gasteiger partial charge in [-0.2, -0.15) is 0 Å². The molecule has 1 heterocycles. The van der Waals surface area contributed by atoms with Crippen LogP contribution in [-0.2, 0) is 9.59 Å². The van der Waals surface area contributed by atoms with Crippen molar-refractivity contribution >= 4 is 24.2 Å². The van der Waals surface area contributed by atoms with E-state index in [1.54, 1.807) is 4.90 Å². The highest BCUT2D eigenvalue weighted by atomic mass is 35.5. The van der Waals surface area contributed by atoms with Gasteiger partial charge in [-0.1, -0.05) is 13.8 Å². The molecular weight excluding hydrogens is 266 g/mol. The summed E-state index contributed by atoms with van der Waals surface area (Å²) in [5.41, 5.74) is 5.22. The molecule has 6 heteroatoms. The molecule has 0 aromatic heterocycles. The average Bonchev–Trinajstić information content (AvgIpc) is 2.26. The van der Waals surface area contributed by atoms with Gasteiger partial charge in [-0.3, -0.25) is 9.59 Å². The maximum absolute atomic E-state index is 12.4. The van der Waals surface area contributed by atoms with Crippen molar-refractivity contribution in [3.63, 3.8) is 0 Å². The highest BCUT2D eigenvalue weighted by Crippen LogP contribution is 2.19. The van der Waals surface area contributed by atoms with E-state index in [0.29, 0.717) is 18.5 Å². The third-order valence-corrected chi connectivity index (χ3v) is 3.22. The summed E-state index contributed by atoms with van der Waals surface area (Å²) in [5.74, 6) is 0.00798. The fourth-order valence-corrected chi connectivity index (χ4v) is 2.48. The van der Waals surface area contributed by atoms with E-state index in [1.165, 1.54) is 0 Å². The van der Waals surface area contributed by atoms with E-state index in [2.05, 4.69) is 12.2 Å². The Hall–Kier alpha value is -0.810. The number of nitrogens with zero attached hydrogens (tertiary/aromatic N) is 1. The molecule has 0 radical (unpaired) electrons. The first kappa shape index (κ1) is 18.2. The van der Waals surface area contributed by atoms with E-state index in [4.69, 9.17) is 5.73 Å². The highest BCUT2D eigenvalue weighted by Gasteiger charge is 2.29. The minimum absolute atomic E-state index is 0. The van der Waals surface area contributed by atoms with Crippen molar-refractivity contribution in [3.05, 3.63) is 0 Å². The van der Waals surface area contributed by atoms with E-state index in [1.807, 2.05) is 13.8 Å². The Bertz CT molecular complexity index is 310. The fraction of sp³-hybridized carbons (Fsp3) is 0.846. The normalized spacial score (nSPS) is 22.7. The third kappa shape index (κ3) is 6.25. The number of carbonyl (C=O) groups excluding carboxylic acids is 2. The molecule has 0 saturated carbocycles. The number of primary amides is 1. The molecule has 1 saturated heterocycles. The Labute approximate surface area is 121 Å². The van der Waals surface area contributed by atoms with Gasteiger partial charge in [-0.05, 0) is 32.2 Å². The van der Waals surface area contributed by atoms with Crippen molar-refractivity contribution < 1.29 is 9.59 Å². The quantitative estimate of drug-likeness (QED) is 0.785. The first-order valence-corrected chi connectivity index (χ1v) is 6.70. The molecule has 2 amide bonds. The molecule has 0 aromatic rings. The number of rotatable bonds is 5. The molecule has 0 aliphatic carbocycles. The van der Waals surface area contributed by atoms with E-state index in [0.717, 1.165) is 19.4 Å². The van der Waals surface area contributed by atoms with Gasteiger partial charge in [0, 0.05) is 18.5 Å². The monoisotopic (exact) mass is 291 g/mol. The molecule has 3 N–H and O–H groups in total. The molecule has 0 spiro atoms. The lowest BCUT2D eigenvalue weighted by Gasteiger charge is -2.32. The number of carbonyl (C=O) groups is 2. The van der Waals surface area contributed by atoms with Gasteiger partial charge in [-0.25, -0.2) is 0 Å². The van der Waals surface area contributed by atoms with Crippen molar-refractivity contribution in [1.82, 2.24) is 10.2 Å². The lowest BCUT2D eigenvalue weighted by Crippen LogP contribution is -2.47. The Balaban J connectivity index is 0.00000324. The third-order valence-electron chi connectivity index (χ3n) is 3.22. The van der Waals surface area contributed by atoms with Crippen LogP contribution >= 0.6 is 12.4 Å². The molecule has 19 heavy (non-hydrogen) atoms. The number of amides is 2. The second-order valence-corrected chi connectivity index (χ2v) is 5.66. The zero-order chi connectivity index (χ0) is 13.7. The lowest BCUT2D eigenvalue weighted by atomic mass is 9.91. The maximum atomic E-state index is 12.4. The minimum atomic E-state index is -0.439. The van der Waals surface area contributed by atoms with Crippen molar-refractivity contribution in [3.8, 4) is 0 Å². The molecule has 1 fully saturated rings.